The standard InChI is InChI=1S/C19H14N2O3/c22-18-9-15(19(23)21-18)16-10-20-17-8-13(6-7-14(16)17)24-11-12-4-2-1-3-5-12/h1-10,20H,11H2,(H,21,22,23). The lowest BCUT2D eigenvalue weighted by Gasteiger charge is -2.06. The Hall–Kier alpha value is -3.34. The normalized spacial score (nSPS) is 13.9. The SMILES string of the molecule is O=C1C=C(c2c[nH]c3cc(OCc4ccccc4)ccc23)C(=O)N1. The minimum atomic E-state index is -0.382. The Morgan fingerprint density at radius 2 is 1.83 bits per heavy atom. The highest BCUT2D eigenvalue weighted by molar-refractivity contribution is 6.35. The molecule has 0 saturated carbocycles. The second-order valence-electron chi connectivity index (χ2n) is 5.56. The molecule has 1 aliphatic heterocycles. The minimum absolute atomic E-state index is 0.370. The average Bonchev–Trinajstić information content (AvgIpc) is 3.15. The van der Waals surface area contributed by atoms with Gasteiger partial charge >= 0.3 is 0 Å². The summed E-state index contributed by atoms with van der Waals surface area (Å²) in [6.07, 6.45) is 3.06. The average molecular weight is 318 g/mol. The Morgan fingerprint density at radius 3 is 2.58 bits per heavy atom. The molecule has 0 bridgehead atoms. The van der Waals surface area contributed by atoms with Crippen LogP contribution in [0.1, 0.15) is 11.1 Å². The molecular weight excluding hydrogens is 304 g/mol. The van der Waals surface area contributed by atoms with E-state index in [-0.39, 0.29) is 11.8 Å². The van der Waals surface area contributed by atoms with Crippen molar-refractivity contribution < 1.29 is 14.3 Å². The molecule has 3 aromatic rings. The van der Waals surface area contributed by atoms with E-state index in [1.165, 1.54) is 6.08 Å². The molecule has 0 saturated heterocycles. The molecule has 0 spiro atoms. The molecule has 0 atom stereocenters. The monoisotopic (exact) mass is 318 g/mol. The van der Waals surface area contributed by atoms with E-state index in [1.807, 2.05) is 48.5 Å². The van der Waals surface area contributed by atoms with Gasteiger partial charge in [0.25, 0.3) is 11.8 Å². The summed E-state index contributed by atoms with van der Waals surface area (Å²) in [4.78, 5) is 26.3. The second kappa shape index (κ2) is 5.70. The van der Waals surface area contributed by atoms with Crippen LogP contribution in [-0.4, -0.2) is 16.8 Å². The predicted molar refractivity (Wildman–Crippen MR) is 90.2 cm³/mol. The molecule has 5 heteroatoms. The first kappa shape index (κ1) is 14.3. The van der Waals surface area contributed by atoms with Gasteiger partial charge in [0, 0.05) is 34.8 Å². The molecule has 2 amide bonds. The summed E-state index contributed by atoms with van der Waals surface area (Å²) in [5.41, 5.74) is 3.03. The van der Waals surface area contributed by atoms with Gasteiger partial charge in [-0.2, -0.15) is 0 Å². The Balaban J connectivity index is 1.60. The van der Waals surface area contributed by atoms with E-state index in [2.05, 4.69) is 10.3 Å². The molecule has 1 aliphatic rings. The highest BCUT2D eigenvalue weighted by Gasteiger charge is 2.24. The fraction of sp³-hybridized carbons (Fsp3) is 0.0526. The van der Waals surface area contributed by atoms with Crippen LogP contribution in [-0.2, 0) is 16.2 Å². The number of aromatic amines is 1. The zero-order valence-electron chi connectivity index (χ0n) is 12.7. The lowest BCUT2D eigenvalue weighted by atomic mass is 10.1. The van der Waals surface area contributed by atoms with Gasteiger partial charge in [-0.05, 0) is 17.7 Å². The van der Waals surface area contributed by atoms with Crippen LogP contribution in [0.25, 0.3) is 16.5 Å². The molecule has 0 unspecified atom stereocenters. The van der Waals surface area contributed by atoms with Gasteiger partial charge in [0.05, 0.1) is 5.57 Å². The molecule has 118 valence electrons. The highest BCUT2D eigenvalue weighted by atomic mass is 16.5. The van der Waals surface area contributed by atoms with Gasteiger partial charge in [-0.3, -0.25) is 14.9 Å². The first-order valence-corrected chi connectivity index (χ1v) is 7.56. The third-order valence-corrected chi connectivity index (χ3v) is 3.95. The Bertz CT molecular complexity index is 971. The minimum Gasteiger partial charge on any atom is -0.489 e. The van der Waals surface area contributed by atoms with Crippen molar-refractivity contribution in [2.45, 2.75) is 6.61 Å². The maximum Gasteiger partial charge on any atom is 0.258 e. The number of benzene rings is 2. The largest absolute Gasteiger partial charge is 0.489 e. The number of fused-ring (bicyclic) bond motifs is 1. The van der Waals surface area contributed by atoms with Crippen molar-refractivity contribution in [2.24, 2.45) is 0 Å². The molecule has 0 aliphatic carbocycles. The van der Waals surface area contributed by atoms with E-state index in [0.29, 0.717) is 17.7 Å². The van der Waals surface area contributed by atoms with Crippen molar-refractivity contribution in [3.05, 3.63) is 71.9 Å². The van der Waals surface area contributed by atoms with E-state index >= 15 is 0 Å². The number of nitrogens with one attached hydrogen (secondary N) is 2. The van der Waals surface area contributed by atoms with Gasteiger partial charge in [0.2, 0.25) is 0 Å². The topological polar surface area (TPSA) is 71.2 Å². The summed E-state index contributed by atoms with van der Waals surface area (Å²) in [7, 11) is 0. The van der Waals surface area contributed by atoms with Gasteiger partial charge < -0.3 is 9.72 Å². The third kappa shape index (κ3) is 2.56. The number of ether oxygens (including phenoxy) is 1. The fourth-order valence-corrected chi connectivity index (χ4v) is 2.77. The molecule has 2 aromatic carbocycles. The first-order valence-electron chi connectivity index (χ1n) is 7.56. The highest BCUT2D eigenvalue weighted by Crippen LogP contribution is 2.29. The number of carbonyl (C=O) groups excluding carboxylic acids is 2. The predicted octanol–water partition coefficient (Wildman–Crippen LogP) is 2.79. The summed E-state index contributed by atoms with van der Waals surface area (Å²) in [5.74, 6) is -0.0156. The smallest absolute Gasteiger partial charge is 0.258 e. The first-order chi connectivity index (χ1) is 11.7. The number of H-pyrrole nitrogens is 1. The Kier molecular flexibility index (Phi) is 3.39. The van der Waals surface area contributed by atoms with E-state index in [4.69, 9.17) is 4.74 Å². The number of imide groups is 1. The van der Waals surface area contributed by atoms with Gasteiger partial charge in [-0.25, -0.2) is 0 Å². The zero-order valence-corrected chi connectivity index (χ0v) is 12.7. The van der Waals surface area contributed by atoms with E-state index in [1.54, 1.807) is 6.20 Å². The van der Waals surface area contributed by atoms with Gasteiger partial charge in [0.15, 0.2) is 0 Å². The van der Waals surface area contributed by atoms with E-state index < -0.39 is 0 Å². The van der Waals surface area contributed by atoms with Gasteiger partial charge in [-0.1, -0.05) is 30.3 Å². The van der Waals surface area contributed by atoms with Crippen LogP contribution in [0.5, 0.6) is 5.75 Å². The molecule has 24 heavy (non-hydrogen) atoms. The van der Waals surface area contributed by atoms with Crippen molar-refractivity contribution >= 4 is 28.3 Å². The van der Waals surface area contributed by atoms with Crippen molar-refractivity contribution in [1.29, 1.82) is 0 Å². The molecule has 4 rings (SSSR count). The number of hydrogen-bond acceptors (Lipinski definition) is 3. The van der Waals surface area contributed by atoms with E-state index in [9.17, 15) is 9.59 Å². The molecule has 5 nitrogen and oxygen atoms in total. The number of hydrogen-bond donors (Lipinski definition) is 2. The number of amides is 2. The summed E-state index contributed by atoms with van der Waals surface area (Å²) >= 11 is 0. The molecule has 2 heterocycles. The second-order valence-corrected chi connectivity index (χ2v) is 5.56. The molecular formula is C19H14N2O3. The zero-order chi connectivity index (χ0) is 16.5. The lowest BCUT2D eigenvalue weighted by molar-refractivity contribution is -0.123. The molecule has 0 fully saturated rings. The van der Waals surface area contributed by atoms with Crippen LogP contribution in [0.3, 0.4) is 0 Å². The maximum absolute atomic E-state index is 11.8. The van der Waals surface area contributed by atoms with Crippen LogP contribution < -0.4 is 10.1 Å². The van der Waals surface area contributed by atoms with Gasteiger partial charge in [0.1, 0.15) is 12.4 Å². The lowest BCUT2D eigenvalue weighted by Crippen LogP contribution is -2.21. The van der Waals surface area contributed by atoms with Crippen LogP contribution >= 0.6 is 0 Å². The van der Waals surface area contributed by atoms with Crippen LogP contribution in [0.4, 0.5) is 0 Å². The van der Waals surface area contributed by atoms with Crippen molar-refractivity contribution in [3.8, 4) is 5.75 Å². The fourth-order valence-electron chi connectivity index (χ4n) is 2.77. The molecule has 1 aromatic heterocycles. The Morgan fingerprint density at radius 1 is 1.00 bits per heavy atom. The Labute approximate surface area is 137 Å². The number of rotatable bonds is 4. The van der Waals surface area contributed by atoms with E-state index in [0.717, 1.165) is 22.2 Å². The quantitative estimate of drug-likeness (QED) is 0.727. The third-order valence-electron chi connectivity index (χ3n) is 3.95. The summed E-state index contributed by atoms with van der Waals surface area (Å²) in [6, 6.07) is 15.6. The van der Waals surface area contributed by atoms with Crippen LogP contribution in [0.2, 0.25) is 0 Å². The summed E-state index contributed by atoms with van der Waals surface area (Å²) in [5, 5.41) is 3.13. The maximum atomic E-state index is 11.8. The molecule has 2 N–H and O–H groups in total. The van der Waals surface area contributed by atoms with Crippen LogP contribution in [0.15, 0.2) is 60.8 Å². The number of aromatic nitrogens is 1. The van der Waals surface area contributed by atoms with Crippen LogP contribution in [0, 0.1) is 0 Å². The molecule has 0 radical (unpaired) electrons. The summed E-state index contributed by atoms with van der Waals surface area (Å²) in [6.45, 7) is 0.488. The van der Waals surface area contributed by atoms with Gasteiger partial charge in [-0.15, -0.1) is 0 Å². The van der Waals surface area contributed by atoms with Crippen molar-refractivity contribution in [3.63, 3.8) is 0 Å². The number of carbonyl (C=O) groups is 2. The van der Waals surface area contributed by atoms with Crippen molar-refractivity contribution in [1.82, 2.24) is 10.3 Å². The summed E-state index contributed by atoms with van der Waals surface area (Å²) < 4.78 is 5.81. The van der Waals surface area contributed by atoms with Crippen molar-refractivity contribution in [2.75, 3.05) is 0 Å².